The summed E-state index contributed by atoms with van der Waals surface area (Å²) in [5, 5.41) is 0. The van der Waals surface area contributed by atoms with Crippen molar-refractivity contribution >= 4 is 23.4 Å². The molecule has 1 heterocycles. The lowest BCUT2D eigenvalue weighted by Crippen LogP contribution is -2.44. The standard InChI is InChI=1S/C19H24N2O4/c1-12-8-9-14-15(10-12)19(24)21(18(14)23)11-20(13(2)22)16-6-4-5-7-17(16)25-3/h4-7,12,14-15H,8-11H2,1-3H3. The van der Waals surface area contributed by atoms with Crippen LogP contribution in [0, 0.1) is 17.8 Å². The van der Waals surface area contributed by atoms with Gasteiger partial charge in [-0.25, -0.2) is 0 Å². The molecule has 2 aliphatic rings. The topological polar surface area (TPSA) is 66.9 Å². The number of hydrogen-bond donors (Lipinski definition) is 0. The Bertz CT molecular complexity index is 702. The van der Waals surface area contributed by atoms with E-state index in [-0.39, 0.29) is 36.2 Å². The van der Waals surface area contributed by atoms with Crippen molar-refractivity contribution < 1.29 is 19.1 Å². The van der Waals surface area contributed by atoms with Gasteiger partial charge in [-0.2, -0.15) is 0 Å². The first kappa shape index (κ1) is 17.5. The zero-order valence-electron chi connectivity index (χ0n) is 14.9. The number of imide groups is 1. The van der Waals surface area contributed by atoms with E-state index in [2.05, 4.69) is 6.92 Å². The number of methoxy groups -OCH3 is 1. The molecule has 2 fully saturated rings. The number of amides is 3. The van der Waals surface area contributed by atoms with Gasteiger partial charge in [0.15, 0.2) is 0 Å². The van der Waals surface area contributed by atoms with E-state index in [4.69, 9.17) is 4.74 Å². The van der Waals surface area contributed by atoms with Gasteiger partial charge in [0.05, 0.1) is 24.6 Å². The first-order valence-corrected chi connectivity index (χ1v) is 8.70. The zero-order chi connectivity index (χ0) is 18.1. The number of likely N-dealkylation sites (tertiary alicyclic amines) is 1. The van der Waals surface area contributed by atoms with Crippen LogP contribution in [-0.2, 0) is 14.4 Å². The Balaban J connectivity index is 1.87. The van der Waals surface area contributed by atoms with Gasteiger partial charge >= 0.3 is 0 Å². The fourth-order valence-electron chi connectivity index (χ4n) is 3.94. The van der Waals surface area contributed by atoms with Gasteiger partial charge in [0.25, 0.3) is 0 Å². The molecule has 1 saturated carbocycles. The van der Waals surface area contributed by atoms with Crippen LogP contribution in [0.3, 0.4) is 0 Å². The van der Waals surface area contributed by atoms with Gasteiger partial charge in [0.2, 0.25) is 17.7 Å². The third-order valence-corrected chi connectivity index (χ3v) is 5.32. The predicted octanol–water partition coefficient (Wildman–Crippen LogP) is 2.43. The minimum atomic E-state index is -0.242. The van der Waals surface area contributed by atoms with Crippen LogP contribution < -0.4 is 9.64 Å². The number of rotatable bonds is 4. The molecule has 3 unspecified atom stereocenters. The number of carbonyl (C=O) groups is 3. The quantitative estimate of drug-likeness (QED) is 0.787. The molecule has 3 atom stereocenters. The smallest absolute Gasteiger partial charge is 0.234 e. The summed E-state index contributed by atoms with van der Waals surface area (Å²) in [6.45, 7) is 3.48. The van der Waals surface area contributed by atoms with Crippen LogP contribution in [0.1, 0.15) is 33.1 Å². The summed E-state index contributed by atoms with van der Waals surface area (Å²) in [4.78, 5) is 40.4. The molecule has 6 nitrogen and oxygen atoms in total. The van der Waals surface area contributed by atoms with Gasteiger partial charge in [-0.1, -0.05) is 19.1 Å². The van der Waals surface area contributed by atoms with E-state index >= 15 is 0 Å². The number of carbonyl (C=O) groups excluding carboxylic acids is 3. The molecule has 1 saturated heterocycles. The maximum absolute atomic E-state index is 12.8. The Hall–Kier alpha value is -2.37. The molecular formula is C19H24N2O4. The van der Waals surface area contributed by atoms with E-state index < -0.39 is 0 Å². The fraction of sp³-hybridized carbons (Fsp3) is 0.526. The van der Waals surface area contributed by atoms with Crippen molar-refractivity contribution in [3.8, 4) is 5.75 Å². The molecule has 25 heavy (non-hydrogen) atoms. The molecule has 3 amide bonds. The summed E-state index contributed by atoms with van der Waals surface area (Å²) >= 11 is 0. The lowest BCUT2D eigenvalue weighted by atomic mass is 9.76. The Morgan fingerprint density at radius 1 is 1.20 bits per heavy atom. The van der Waals surface area contributed by atoms with Crippen molar-refractivity contribution in [2.24, 2.45) is 17.8 Å². The zero-order valence-corrected chi connectivity index (χ0v) is 14.9. The minimum absolute atomic E-state index is 0.0608. The highest BCUT2D eigenvalue weighted by atomic mass is 16.5. The van der Waals surface area contributed by atoms with Crippen molar-refractivity contribution in [3.05, 3.63) is 24.3 Å². The summed E-state index contributed by atoms with van der Waals surface area (Å²) in [6.07, 6.45) is 2.47. The number of fused-ring (bicyclic) bond motifs is 1. The van der Waals surface area contributed by atoms with Crippen LogP contribution >= 0.6 is 0 Å². The first-order valence-electron chi connectivity index (χ1n) is 8.70. The molecule has 1 aliphatic carbocycles. The molecule has 0 aromatic heterocycles. The fourth-order valence-corrected chi connectivity index (χ4v) is 3.94. The highest BCUT2D eigenvalue weighted by Gasteiger charge is 2.50. The maximum Gasteiger partial charge on any atom is 0.234 e. The number of nitrogens with zero attached hydrogens (tertiary/aromatic N) is 2. The number of anilines is 1. The summed E-state index contributed by atoms with van der Waals surface area (Å²) in [5.74, 6) is -0.0177. The summed E-state index contributed by atoms with van der Waals surface area (Å²) in [7, 11) is 1.53. The van der Waals surface area contributed by atoms with E-state index in [1.54, 1.807) is 18.2 Å². The molecule has 6 heteroatoms. The van der Waals surface area contributed by atoms with Crippen LogP contribution in [-0.4, -0.2) is 36.4 Å². The number of hydrogen-bond acceptors (Lipinski definition) is 4. The molecule has 0 spiro atoms. The van der Waals surface area contributed by atoms with Crippen molar-refractivity contribution in [2.75, 3.05) is 18.7 Å². The van der Waals surface area contributed by atoms with Crippen LogP contribution in [0.15, 0.2) is 24.3 Å². The van der Waals surface area contributed by atoms with Crippen molar-refractivity contribution in [2.45, 2.75) is 33.1 Å². The van der Waals surface area contributed by atoms with Crippen molar-refractivity contribution in [3.63, 3.8) is 0 Å². The minimum Gasteiger partial charge on any atom is -0.495 e. The normalized spacial score (nSPS) is 25.7. The van der Waals surface area contributed by atoms with Gasteiger partial charge < -0.3 is 4.74 Å². The highest BCUT2D eigenvalue weighted by Crippen LogP contribution is 2.41. The maximum atomic E-state index is 12.8. The second-order valence-corrected chi connectivity index (χ2v) is 7.00. The third-order valence-electron chi connectivity index (χ3n) is 5.32. The largest absolute Gasteiger partial charge is 0.495 e. The first-order chi connectivity index (χ1) is 11.9. The van der Waals surface area contributed by atoms with E-state index in [1.165, 1.54) is 23.8 Å². The lowest BCUT2D eigenvalue weighted by molar-refractivity contribution is -0.140. The second kappa shape index (κ2) is 6.86. The van der Waals surface area contributed by atoms with Crippen LogP contribution in [0.25, 0.3) is 0 Å². The SMILES string of the molecule is COc1ccccc1N(CN1C(=O)C2CCC(C)CC2C1=O)C(C)=O. The van der Waals surface area contributed by atoms with Crippen molar-refractivity contribution in [1.82, 2.24) is 4.90 Å². The van der Waals surface area contributed by atoms with Gasteiger partial charge in [0.1, 0.15) is 12.4 Å². The molecule has 1 aromatic rings. The van der Waals surface area contributed by atoms with E-state index in [1.807, 2.05) is 6.07 Å². The Kier molecular flexibility index (Phi) is 4.79. The second-order valence-electron chi connectivity index (χ2n) is 7.00. The van der Waals surface area contributed by atoms with Crippen LogP contribution in [0.5, 0.6) is 5.75 Å². The number of para-hydroxylation sites is 2. The highest BCUT2D eigenvalue weighted by molar-refractivity contribution is 6.06. The Labute approximate surface area is 147 Å². The Morgan fingerprint density at radius 3 is 2.56 bits per heavy atom. The molecule has 1 aromatic carbocycles. The van der Waals surface area contributed by atoms with Crippen LogP contribution in [0.2, 0.25) is 0 Å². The van der Waals surface area contributed by atoms with Crippen molar-refractivity contribution in [1.29, 1.82) is 0 Å². The summed E-state index contributed by atoms with van der Waals surface area (Å²) in [6, 6.07) is 7.10. The number of benzene rings is 1. The predicted molar refractivity (Wildman–Crippen MR) is 92.9 cm³/mol. The average Bonchev–Trinajstić information content (AvgIpc) is 2.83. The van der Waals surface area contributed by atoms with Gasteiger partial charge in [0, 0.05) is 6.92 Å². The summed E-state index contributed by atoms with van der Waals surface area (Å²) in [5.41, 5.74) is 0.557. The van der Waals surface area contributed by atoms with Crippen LogP contribution in [0.4, 0.5) is 5.69 Å². The van der Waals surface area contributed by atoms with E-state index in [9.17, 15) is 14.4 Å². The Morgan fingerprint density at radius 2 is 1.88 bits per heavy atom. The monoisotopic (exact) mass is 344 g/mol. The molecule has 1 aliphatic heterocycles. The molecule has 0 radical (unpaired) electrons. The van der Waals surface area contributed by atoms with Gasteiger partial charge in [-0.05, 0) is 37.3 Å². The number of ether oxygens (including phenoxy) is 1. The molecule has 0 bridgehead atoms. The molecule has 134 valence electrons. The average molecular weight is 344 g/mol. The van der Waals surface area contributed by atoms with E-state index in [0.29, 0.717) is 17.4 Å². The van der Waals surface area contributed by atoms with Gasteiger partial charge in [-0.3, -0.25) is 24.2 Å². The third kappa shape index (κ3) is 3.13. The van der Waals surface area contributed by atoms with E-state index in [0.717, 1.165) is 19.3 Å². The van der Waals surface area contributed by atoms with Gasteiger partial charge in [-0.15, -0.1) is 0 Å². The molecular weight excluding hydrogens is 320 g/mol. The lowest BCUT2D eigenvalue weighted by Gasteiger charge is -2.27. The summed E-state index contributed by atoms with van der Waals surface area (Å²) < 4.78 is 5.32. The molecule has 3 rings (SSSR count). The molecule has 0 N–H and O–H groups in total.